The lowest BCUT2D eigenvalue weighted by Gasteiger charge is -2.34. The largest absolute Gasteiger partial charge is 0.340 e. The Hall–Kier alpha value is -1.44. The van der Waals surface area contributed by atoms with Crippen molar-refractivity contribution in [1.82, 2.24) is 20.0 Å². The van der Waals surface area contributed by atoms with Gasteiger partial charge in [0.1, 0.15) is 6.04 Å². The first-order valence-electron chi connectivity index (χ1n) is 12.8. The van der Waals surface area contributed by atoms with Crippen LogP contribution in [-0.2, 0) is 4.79 Å². The molecule has 0 spiro atoms. The third kappa shape index (κ3) is 5.05. The van der Waals surface area contributed by atoms with Crippen LogP contribution in [0.15, 0.2) is 17.5 Å². The monoisotopic (exact) mass is 458 g/mol. The molecule has 2 unspecified atom stereocenters. The highest BCUT2D eigenvalue weighted by atomic mass is 32.1. The Balaban J connectivity index is 1.34. The summed E-state index contributed by atoms with van der Waals surface area (Å²) in [5.41, 5.74) is 0. The molecule has 1 N–H and O–H groups in total. The Labute approximate surface area is 196 Å². The molecular formula is C25H38N4O2S. The van der Waals surface area contributed by atoms with Crippen LogP contribution in [0.1, 0.15) is 67.5 Å². The molecule has 6 nitrogen and oxygen atoms in total. The van der Waals surface area contributed by atoms with Gasteiger partial charge in [-0.2, -0.15) is 0 Å². The second-order valence-electron chi connectivity index (χ2n) is 10.2. The zero-order valence-electron chi connectivity index (χ0n) is 19.2. The summed E-state index contributed by atoms with van der Waals surface area (Å²) in [6.45, 7) is 5.20. The molecule has 2 aliphatic heterocycles. The summed E-state index contributed by atoms with van der Waals surface area (Å²) in [6, 6.07) is 4.49. The first-order chi connectivity index (χ1) is 15.7. The Kier molecular flexibility index (Phi) is 7.14. The van der Waals surface area contributed by atoms with Crippen molar-refractivity contribution < 1.29 is 9.59 Å². The summed E-state index contributed by atoms with van der Waals surface area (Å²) in [7, 11) is 0. The molecule has 4 fully saturated rings. The van der Waals surface area contributed by atoms with E-state index in [1.165, 1.54) is 56.3 Å². The molecule has 0 radical (unpaired) electrons. The van der Waals surface area contributed by atoms with Crippen LogP contribution in [0.4, 0.5) is 0 Å². The summed E-state index contributed by atoms with van der Waals surface area (Å²) in [6.07, 6.45) is 11.1. The SMILES string of the molecule is O=C(C1CC(N(CC2CCCCC2)C2CC2)CN1C(=O)c1cccs1)N1CCCNCC1. The number of carbonyl (C=O) groups is 2. The minimum atomic E-state index is -0.319. The molecule has 7 heteroatoms. The minimum absolute atomic E-state index is 0.0437. The number of hydrogen-bond donors (Lipinski definition) is 1. The number of nitrogens with one attached hydrogen (secondary N) is 1. The smallest absolute Gasteiger partial charge is 0.264 e. The van der Waals surface area contributed by atoms with Crippen LogP contribution >= 0.6 is 11.3 Å². The molecule has 32 heavy (non-hydrogen) atoms. The van der Waals surface area contributed by atoms with Crippen LogP contribution < -0.4 is 5.32 Å². The van der Waals surface area contributed by atoms with Crippen molar-refractivity contribution in [2.75, 3.05) is 39.3 Å². The molecule has 2 saturated heterocycles. The van der Waals surface area contributed by atoms with Gasteiger partial charge in [0.05, 0.1) is 4.88 Å². The highest BCUT2D eigenvalue weighted by molar-refractivity contribution is 7.12. The second kappa shape index (κ2) is 10.2. The molecule has 1 aromatic rings. The van der Waals surface area contributed by atoms with Gasteiger partial charge in [0.25, 0.3) is 5.91 Å². The lowest BCUT2D eigenvalue weighted by Crippen LogP contribution is -2.48. The summed E-state index contributed by atoms with van der Waals surface area (Å²) >= 11 is 1.49. The highest BCUT2D eigenvalue weighted by Crippen LogP contribution is 2.37. The third-order valence-corrected chi connectivity index (χ3v) is 8.75. The fourth-order valence-corrected chi connectivity index (χ4v) is 6.68. The van der Waals surface area contributed by atoms with Gasteiger partial charge in [-0.15, -0.1) is 11.3 Å². The van der Waals surface area contributed by atoms with Gasteiger partial charge in [-0.3, -0.25) is 14.5 Å². The maximum Gasteiger partial charge on any atom is 0.264 e. The van der Waals surface area contributed by atoms with E-state index >= 15 is 0 Å². The maximum absolute atomic E-state index is 13.7. The van der Waals surface area contributed by atoms with E-state index in [2.05, 4.69) is 10.2 Å². The topological polar surface area (TPSA) is 55.9 Å². The molecule has 5 rings (SSSR count). The first-order valence-corrected chi connectivity index (χ1v) is 13.7. The quantitative estimate of drug-likeness (QED) is 0.711. The molecule has 3 heterocycles. The number of amides is 2. The standard InChI is InChI=1S/C25H38N4O2S/c30-24(27-13-5-11-26-12-14-27)22-16-21(18-29(22)25(31)23-8-4-15-32-23)28(20-9-10-20)17-19-6-2-1-3-7-19/h4,8,15,19-22,26H,1-3,5-7,9-14,16-18H2. The van der Waals surface area contributed by atoms with Gasteiger partial charge < -0.3 is 15.1 Å². The van der Waals surface area contributed by atoms with E-state index in [1.807, 2.05) is 27.3 Å². The van der Waals surface area contributed by atoms with Gasteiger partial charge in [-0.05, 0) is 62.4 Å². The maximum atomic E-state index is 13.7. The fourth-order valence-electron chi connectivity index (χ4n) is 6.00. The molecule has 1 aromatic heterocycles. The predicted molar refractivity (Wildman–Crippen MR) is 128 cm³/mol. The van der Waals surface area contributed by atoms with Crippen molar-refractivity contribution in [3.8, 4) is 0 Å². The van der Waals surface area contributed by atoms with Crippen LogP contribution in [0.2, 0.25) is 0 Å². The molecule has 2 aliphatic carbocycles. The third-order valence-electron chi connectivity index (χ3n) is 7.89. The van der Waals surface area contributed by atoms with Gasteiger partial charge in [0.2, 0.25) is 5.91 Å². The molecule has 0 aromatic carbocycles. The fraction of sp³-hybridized carbons (Fsp3) is 0.760. The Morgan fingerprint density at radius 2 is 1.88 bits per heavy atom. The molecular weight excluding hydrogens is 420 g/mol. The van der Waals surface area contributed by atoms with Gasteiger partial charge >= 0.3 is 0 Å². The molecule has 4 aliphatic rings. The number of rotatable bonds is 6. The van der Waals surface area contributed by atoms with E-state index in [0.717, 1.165) is 56.4 Å². The Morgan fingerprint density at radius 1 is 1.03 bits per heavy atom. The summed E-state index contributed by atoms with van der Waals surface area (Å²) < 4.78 is 0. The summed E-state index contributed by atoms with van der Waals surface area (Å²) in [5, 5.41) is 5.35. The van der Waals surface area contributed by atoms with Crippen LogP contribution in [0.5, 0.6) is 0 Å². The van der Waals surface area contributed by atoms with Crippen molar-refractivity contribution in [3.63, 3.8) is 0 Å². The van der Waals surface area contributed by atoms with Crippen molar-refractivity contribution >= 4 is 23.2 Å². The van der Waals surface area contributed by atoms with Crippen molar-refractivity contribution in [1.29, 1.82) is 0 Å². The predicted octanol–water partition coefficient (Wildman–Crippen LogP) is 3.20. The van der Waals surface area contributed by atoms with Crippen molar-refractivity contribution in [2.45, 2.75) is 75.9 Å². The summed E-state index contributed by atoms with van der Waals surface area (Å²) in [5.74, 6) is 0.994. The number of carbonyl (C=O) groups excluding carboxylic acids is 2. The average molecular weight is 459 g/mol. The lowest BCUT2D eigenvalue weighted by atomic mass is 9.88. The second-order valence-corrected chi connectivity index (χ2v) is 11.1. The Bertz CT molecular complexity index is 767. The number of hydrogen-bond acceptors (Lipinski definition) is 5. The zero-order valence-corrected chi connectivity index (χ0v) is 20.0. The number of nitrogens with zero attached hydrogens (tertiary/aromatic N) is 3. The average Bonchev–Trinajstić information content (AvgIpc) is 3.44. The van der Waals surface area contributed by atoms with E-state index < -0.39 is 0 Å². The van der Waals surface area contributed by atoms with Crippen molar-refractivity contribution in [3.05, 3.63) is 22.4 Å². The molecule has 2 atom stereocenters. The highest BCUT2D eigenvalue weighted by Gasteiger charge is 2.46. The van der Waals surface area contributed by atoms with Crippen LogP contribution in [0, 0.1) is 5.92 Å². The van der Waals surface area contributed by atoms with Gasteiger partial charge in [0.15, 0.2) is 0 Å². The van der Waals surface area contributed by atoms with E-state index in [-0.39, 0.29) is 17.9 Å². The van der Waals surface area contributed by atoms with Gasteiger partial charge in [-0.1, -0.05) is 25.3 Å². The van der Waals surface area contributed by atoms with E-state index in [4.69, 9.17) is 0 Å². The van der Waals surface area contributed by atoms with Crippen LogP contribution in [0.3, 0.4) is 0 Å². The Morgan fingerprint density at radius 3 is 2.62 bits per heavy atom. The summed E-state index contributed by atoms with van der Waals surface area (Å²) in [4.78, 5) is 34.5. The number of thiophene rings is 1. The normalized spacial score (nSPS) is 27.7. The molecule has 176 valence electrons. The van der Waals surface area contributed by atoms with E-state index in [0.29, 0.717) is 18.6 Å². The van der Waals surface area contributed by atoms with E-state index in [1.54, 1.807) is 0 Å². The first kappa shape index (κ1) is 22.4. The number of likely N-dealkylation sites (tertiary alicyclic amines) is 1. The molecule has 2 amide bonds. The minimum Gasteiger partial charge on any atom is -0.340 e. The van der Waals surface area contributed by atoms with Gasteiger partial charge in [0, 0.05) is 44.8 Å². The van der Waals surface area contributed by atoms with Crippen LogP contribution in [0.25, 0.3) is 0 Å². The molecule has 0 bridgehead atoms. The van der Waals surface area contributed by atoms with Crippen molar-refractivity contribution in [2.24, 2.45) is 5.92 Å². The zero-order chi connectivity index (χ0) is 21.9. The molecule has 2 saturated carbocycles. The van der Waals surface area contributed by atoms with E-state index in [9.17, 15) is 9.59 Å². The van der Waals surface area contributed by atoms with Crippen LogP contribution in [-0.4, -0.2) is 83.9 Å². The lowest BCUT2D eigenvalue weighted by molar-refractivity contribution is -0.135. The van der Waals surface area contributed by atoms with Gasteiger partial charge in [-0.25, -0.2) is 0 Å².